The number of aromatic nitrogens is 2. The van der Waals surface area contributed by atoms with E-state index in [4.69, 9.17) is 4.42 Å². The predicted molar refractivity (Wildman–Crippen MR) is 193 cm³/mol. The molecular weight excluding hydrogens is 574 g/mol. The van der Waals surface area contributed by atoms with Gasteiger partial charge in [0.25, 0.3) is 0 Å². The summed E-state index contributed by atoms with van der Waals surface area (Å²) in [5.41, 5.74) is 10.5. The number of benzene rings is 7. The van der Waals surface area contributed by atoms with Crippen LogP contribution in [0.5, 0.6) is 0 Å². The van der Waals surface area contributed by atoms with Crippen LogP contribution in [0.2, 0.25) is 0 Å². The molecule has 0 bridgehead atoms. The van der Waals surface area contributed by atoms with Gasteiger partial charge in [-0.15, -0.1) is 0 Å². The smallest absolute Gasteiger partial charge is 0.137 e. The van der Waals surface area contributed by atoms with E-state index in [1.54, 1.807) is 0 Å². The van der Waals surface area contributed by atoms with E-state index in [1.807, 2.05) is 24.3 Å². The molecule has 10 aromatic rings. The zero-order valence-electron chi connectivity index (χ0n) is 25.2. The Balaban J connectivity index is 1.33. The molecule has 0 unspecified atom stereocenters. The third-order valence-electron chi connectivity index (χ3n) is 9.57. The largest absolute Gasteiger partial charge is 0.456 e. The summed E-state index contributed by atoms with van der Waals surface area (Å²) in [7, 11) is 0. The number of furan rings is 1. The van der Waals surface area contributed by atoms with Gasteiger partial charge >= 0.3 is 0 Å². The summed E-state index contributed by atoms with van der Waals surface area (Å²) in [6, 6.07) is 55.3. The van der Waals surface area contributed by atoms with Crippen molar-refractivity contribution in [3.05, 3.63) is 157 Å². The third kappa shape index (κ3) is 3.57. The van der Waals surface area contributed by atoms with E-state index in [-0.39, 0.29) is 0 Å². The number of nitriles is 1. The molecule has 0 aliphatic rings. The highest BCUT2D eigenvalue weighted by Crippen LogP contribution is 2.43. The normalized spacial score (nSPS) is 11.8. The van der Waals surface area contributed by atoms with Crippen molar-refractivity contribution in [3.8, 4) is 28.6 Å². The zero-order valence-corrected chi connectivity index (χ0v) is 25.2. The number of hydrogen-bond donors (Lipinski definition) is 0. The van der Waals surface area contributed by atoms with Crippen LogP contribution < -0.4 is 0 Å². The third-order valence-corrected chi connectivity index (χ3v) is 9.57. The van der Waals surface area contributed by atoms with Crippen molar-refractivity contribution in [1.82, 2.24) is 9.13 Å². The molecule has 7 aromatic carbocycles. The van der Waals surface area contributed by atoms with Crippen LogP contribution in [0.3, 0.4) is 0 Å². The van der Waals surface area contributed by atoms with E-state index >= 15 is 0 Å². The fourth-order valence-corrected chi connectivity index (χ4v) is 7.61. The second-order valence-corrected chi connectivity index (χ2v) is 12.0. The number of rotatable bonds is 3. The Morgan fingerprint density at radius 3 is 1.68 bits per heavy atom. The van der Waals surface area contributed by atoms with Gasteiger partial charge in [-0.2, -0.15) is 5.26 Å². The molecule has 0 atom stereocenters. The molecule has 3 heterocycles. The van der Waals surface area contributed by atoms with Gasteiger partial charge in [0.1, 0.15) is 11.2 Å². The van der Waals surface area contributed by atoms with Crippen molar-refractivity contribution in [2.45, 2.75) is 0 Å². The molecule has 4 heteroatoms. The van der Waals surface area contributed by atoms with Crippen LogP contribution in [0, 0.1) is 11.3 Å². The van der Waals surface area contributed by atoms with Gasteiger partial charge in [0.05, 0.1) is 45.1 Å². The molecule has 0 saturated carbocycles. The van der Waals surface area contributed by atoms with Crippen molar-refractivity contribution < 1.29 is 4.42 Å². The monoisotopic (exact) mass is 599 g/mol. The fraction of sp³-hybridized carbons (Fsp3) is 0. The molecule has 4 nitrogen and oxygen atoms in total. The van der Waals surface area contributed by atoms with Gasteiger partial charge in [-0.1, -0.05) is 97.1 Å². The van der Waals surface area contributed by atoms with Crippen molar-refractivity contribution >= 4 is 65.6 Å². The lowest BCUT2D eigenvalue weighted by Gasteiger charge is -2.19. The minimum atomic E-state index is 0.617. The SMILES string of the molecule is N#Cc1cccc(-n2c3ccccc3c3cc4c(cc32)oc2ccccc24)c1-c1ccccc1-n1c2ccccc2c2ccccc21. The first kappa shape index (κ1) is 25.7. The molecule has 0 N–H and O–H groups in total. The minimum Gasteiger partial charge on any atom is -0.456 e. The highest BCUT2D eigenvalue weighted by atomic mass is 16.3. The standard InChI is InChI=1S/C43H25N3O/c44-26-27-12-11-22-39(43(27)32-17-4-9-21-38(32)45-35-18-6-1-13-28(35)29-14-2-7-19-36(29)45)46-37-20-8-3-15-30(37)33-24-34-31-16-5-10-23-41(31)47-42(34)25-40(33)46/h1-25H. The molecule has 10 rings (SSSR count). The number of para-hydroxylation sites is 5. The average Bonchev–Trinajstić information content (AvgIpc) is 3.77. The maximum atomic E-state index is 10.6. The van der Waals surface area contributed by atoms with Gasteiger partial charge in [-0.3, -0.25) is 0 Å². The molecule has 0 radical (unpaired) electrons. The van der Waals surface area contributed by atoms with Gasteiger partial charge in [0.2, 0.25) is 0 Å². The summed E-state index contributed by atoms with van der Waals surface area (Å²) in [4.78, 5) is 0. The van der Waals surface area contributed by atoms with Crippen LogP contribution in [0.25, 0.3) is 88.1 Å². The van der Waals surface area contributed by atoms with Crippen LogP contribution in [0.15, 0.2) is 156 Å². The molecular formula is C43H25N3O. The van der Waals surface area contributed by atoms with E-state index in [0.717, 1.165) is 77.3 Å². The highest BCUT2D eigenvalue weighted by molar-refractivity contribution is 6.18. The Bertz CT molecular complexity index is 2880. The van der Waals surface area contributed by atoms with Gasteiger partial charge in [0.15, 0.2) is 0 Å². The van der Waals surface area contributed by atoms with E-state index in [9.17, 15) is 5.26 Å². The van der Waals surface area contributed by atoms with E-state index in [2.05, 4.69) is 143 Å². The minimum absolute atomic E-state index is 0.617. The quantitative estimate of drug-likeness (QED) is 0.203. The maximum Gasteiger partial charge on any atom is 0.137 e. The van der Waals surface area contributed by atoms with Gasteiger partial charge < -0.3 is 13.6 Å². The van der Waals surface area contributed by atoms with E-state index in [0.29, 0.717) is 5.56 Å². The first-order valence-electron chi connectivity index (χ1n) is 15.8. The first-order chi connectivity index (χ1) is 23.3. The highest BCUT2D eigenvalue weighted by Gasteiger charge is 2.23. The Morgan fingerprint density at radius 1 is 0.426 bits per heavy atom. The topological polar surface area (TPSA) is 46.8 Å². The summed E-state index contributed by atoms with van der Waals surface area (Å²) >= 11 is 0. The lowest BCUT2D eigenvalue weighted by molar-refractivity contribution is 0.669. The van der Waals surface area contributed by atoms with E-state index < -0.39 is 0 Å². The molecule has 218 valence electrons. The van der Waals surface area contributed by atoms with Crippen LogP contribution >= 0.6 is 0 Å². The lowest BCUT2D eigenvalue weighted by Crippen LogP contribution is -2.03. The van der Waals surface area contributed by atoms with Gasteiger partial charge in [-0.25, -0.2) is 0 Å². The average molecular weight is 600 g/mol. The number of fused-ring (bicyclic) bond motifs is 9. The van der Waals surface area contributed by atoms with Crippen molar-refractivity contribution in [2.75, 3.05) is 0 Å². The summed E-state index contributed by atoms with van der Waals surface area (Å²) in [6.07, 6.45) is 0. The van der Waals surface area contributed by atoms with Gasteiger partial charge in [-0.05, 0) is 48.5 Å². The molecule has 0 amide bonds. The second kappa shape index (κ2) is 9.71. The maximum absolute atomic E-state index is 10.6. The van der Waals surface area contributed by atoms with Crippen LogP contribution in [-0.2, 0) is 0 Å². The van der Waals surface area contributed by atoms with Crippen LogP contribution in [-0.4, -0.2) is 9.13 Å². The Hall–Kier alpha value is -6.57. The number of nitrogens with zero attached hydrogens (tertiary/aromatic N) is 3. The second-order valence-electron chi connectivity index (χ2n) is 12.0. The molecule has 0 saturated heterocycles. The van der Waals surface area contributed by atoms with Crippen LogP contribution in [0.1, 0.15) is 5.56 Å². The van der Waals surface area contributed by atoms with Crippen molar-refractivity contribution in [2.24, 2.45) is 0 Å². The molecule has 0 aliphatic heterocycles. The summed E-state index contributed by atoms with van der Waals surface area (Å²) < 4.78 is 11.0. The lowest BCUT2D eigenvalue weighted by atomic mass is 9.96. The zero-order chi connectivity index (χ0) is 31.1. The Labute approximate surface area is 269 Å². The predicted octanol–water partition coefficient (Wildman–Crippen LogP) is 11.3. The van der Waals surface area contributed by atoms with Crippen LogP contribution in [0.4, 0.5) is 0 Å². The summed E-state index contributed by atoms with van der Waals surface area (Å²) in [5.74, 6) is 0. The van der Waals surface area contributed by atoms with E-state index in [1.165, 1.54) is 10.8 Å². The Kier molecular flexibility index (Phi) is 5.32. The summed E-state index contributed by atoms with van der Waals surface area (Å²) in [5, 5.41) is 17.5. The fourth-order valence-electron chi connectivity index (χ4n) is 7.61. The first-order valence-corrected chi connectivity index (χ1v) is 15.8. The molecule has 3 aromatic heterocycles. The van der Waals surface area contributed by atoms with Crippen molar-refractivity contribution in [1.29, 1.82) is 5.26 Å². The number of hydrogen-bond acceptors (Lipinski definition) is 2. The molecule has 0 fully saturated rings. The summed E-state index contributed by atoms with van der Waals surface area (Å²) in [6.45, 7) is 0. The molecule has 0 aliphatic carbocycles. The Morgan fingerprint density at radius 2 is 0.979 bits per heavy atom. The van der Waals surface area contributed by atoms with Crippen molar-refractivity contribution in [3.63, 3.8) is 0 Å². The van der Waals surface area contributed by atoms with Gasteiger partial charge in [0, 0.05) is 49.5 Å². The molecule has 47 heavy (non-hydrogen) atoms. The molecule has 0 spiro atoms.